The van der Waals surface area contributed by atoms with Gasteiger partial charge in [-0.15, -0.1) is 0 Å². The van der Waals surface area contributed by atoms with E-state index < -0.39 is 5.41 Å². The van der Waals surface area contributed by atoms with Crippen molar-refractivity contribution in [1.82, 2.24) is 10.2 Å². The Labute approximate surface area is 109 Å². The van der Waals surface area contributed by atoms with Gasteiger partial charge in [0.05, 0.1) is 6.07 Å². The molecular weight excluding hydrogens is 226 g/mol. The first-order valence-corrected chi connectivity index (χ1v) is 7.19. The zero-order chi connectivity index (χ0) is 12.8. The van der Waals surface area contributed by atoms with E-state index in [1.54, 1.807) is 0 Å². The molecule has 0 aromatic heterocycles. The van der Waals surface area contributed by atoms with Crippen LogP contribution >= 0.6 is 0 Å². The van der Waals surface area contributed by atoms with E-state index >= 15 is 0 Å². The van der Waals surface area contributed by atoms with Crippen LogP contribution in [0, 0.1) is 16.7 Å². The van der Waals surface area contributed by atoms with Crippen LogP contribution in [-0.4, -0.2) is 37.0 Å². The van der Waals surface area contributed by atoms with E-state index in [9.17, 15) is 10.1 Å². The Balaban J connectivity index is 1.66. The Bertz CT molecular complexity index is 322. The van der Waals surface area contributed by atoms with Crippen LogP contribution < -0.4 is 5.32 Å². The first-order valence-electron chi connectivity index (χ1n) is 7.19. The van der Waals surface area contributed by atoms with E-state index in [-0.39, 0.29) is 5.91 Å². The second kappa shape index (κ2) is 6.19. The van der Waals surface area contributed by atoms with Crippen LogP contribution in [0.15, 0.2) is 0 Å². The predicted molar refractivity (Wildman–Crippen MR) is 69.8 cm³/mol. The van der Waals surface area contributed by atoms with Gasteiger partial charge in [0.25, 0.3) is 0 Å². The molecule has 2 fully saturated rings. The molecule has 1 saturated heterocycles. The van der Waals surface area contributed by atoms with Crippen LogP contribution in [0.5, 0.6) is 0 Å². The molecule has 1 heterocycles. The van der Waals surface area contributed by atoms with Crippen LogP contribution in [0.2, 0.25) is 0 Å². The Morgan fingerprint density at radius 3 is 2.50 bits per heavy atom. The molecule has 1 N–H and O–H groups in total. The average molecular weight is 249 g/mol. The van der Waals surface area contributed by atoms with Gasteiger partial charge in [-0.1, -0.05) is 12.8 Å². The number of carbonyl (C=O) groups is 1. The molecule has 4 heteroatoms. The molecule has 18 heavy (non-hydrogen) atoms. The number of nitriles is 1. The molecule has 1 saturated carbocycles. The summed E-state index contributed by atoms with van der Waals surface area (Å²) in [5.41, 5.74) is -0.715. The smallest absolute Gasteiger partial charge is 0.240 e. The van der Waals surface area contributed by atoms with Gasteiger partial charge in [0, 0.05) is 6.54 Å². The van der Waals surface area contributed by atoms with Crippen molar-refractivity contribution in [2.45, 2.75) is 44.9 Å². The van der Waals surface area contributed by atoms with Gasteiger partial charge in [0.1, 0.15) is 5.41 Å². The zero-order valence-corrected chi connectivity index (χ0v) is 11.1. The lowest BCUT2D eigenvalue weighted by molar-refractivity contribution is -0.127. The maximum Gasteiger partial charge on any atom is 0.240 e. The van der Waals surface area contributed by atoms with E-state index in [1.165, 1.54) is 25.9 Å². The molecule has 0 aromatic rings. The quantitative estimate of drug-likeness (QED) is 0.754. The second-order valence-corrected chi connectivity index (χ2v) is 5.56. The number of hydrogen-bond donors (Lipinski definition) is 1. The van der Waals surface area contributed by atoms with E-state index in [2.05, 4.69) is 16.3 Å². The molecule has 4 nitrogen and oxygen atoms in total. The highest BCUT2D eigenvalue weighted by Crippen LogP contribution is 2.37. The maximum absolute atomic E-state index is 12.0. The summed E-state index contributed by atoms with van der Waals surface area (Å²) in [5, 5.41) is 12.1. The third-order valence-electron chi connectivity index (χ3n) is 4.24. The van der Waals surface area contributed by atoms with E-state index in [4.69, 9.17) is 0 Å². The minimum absolute atomic E-state index is 0.0380. The van der Waals surface area contributed by atoms with Gasteiger partial charge in [-0.2, -0.15) is 5.26 Å². The van der Waals surface area contributed by atoms with Crippen molar-refractivity contribution in [2.75, 3.05) is 26.2 Å². The number of nitrogens with one attached hydrogen (secondary N) is 1. The fraction of sp³-hybridized carbons (Fsp3) is 0.857. The van der Waals surface area contributed by atoms with Crippen molar-refractivity contribution in [1.29, 1.82) is 5.26 Å². The topological polar surface area (TPSA) is 56.1 Å². The van der Waals surface area contributed by atoms with Gasteiger partial charge in [-0.25, -0.2) is 0 Å². The van der Waals surface area contributed by atoms with Crippen LogP contribution in [0.25, 0.3) is 0 Å². The SMILES string of the molecule is N#CC1(C(=O)NCCCN2CCCC2)CCCC1. The van der Waals surface area contributed by atoms with Crippen molar-refractivity contribution in [3.05, 3.63) is 0 Å². The lowest BCUT2D eigenvalue weighted by atomic mass is 9.87. The van der Waals surface area contributed by atoms with Gasteiger partial charge in [0.15, 0.2) is 0 Å². The number of nitrogens with zero attached hydrogens (tertiary/aromatic N) is 2. The predicted octanol–water partition coefficient (Wildman–Crippen LogP) is 1.67. The highest BCUT2D eigenvalue weighted by atomic mass is 16.2. The molecule has 0 radical (unpaired) electrons. The maximum atomic E-state index is 12.0. The fourth-order valence-electron chi connectivity index (χ4n) is 3.05. The lowest BCUT2D eigenvalue weighted by Crippen LogP contribution is -2.39. The van der Waals surface area contributed by atoms with Crippen molar-refractivity contribution < 1.29 is 4.79 Å². The molecule has 0 unspecified atom stereocenters. The van der Waals surface area contributed by atoms with Crippen LogP contribution in [0.4, 0.5) is 0 Å². The van der Waals surface area contributed by atoms with Crippen molar-refractivity contribution in [3.63, 3.8) is 0 Å². The number of hydrogen-bond acceptors (Lipinski definition) is 3. The lowest BCUT2D eigenvalue weighted by Gasteiger charge is -2.20. The molecular formula is C14H23N3O. The summed E-state index contributed by atoms with van der Waals surface area (Å²) in [6.45, 7) is 4.19. The zero-order valence-electron chi connectivity index (χ0n) is 11.1. The van der Waals surface area contributed by atoms with Crippen molar-refractivity contribution in [3.8, 4) is 6.07 Å². The summed E-state index contributed by atoms with van der Waals surface area (Å²) in [5.74, 6) is -0.0380. The number of rotatable bonds is 5. The first-order chi connectivity index (χ1) is 8.77. The summed E-state index contributed by atoms with van der Waals surface area (Å²) in [7, 11) is 0. The molecule has 0 atom stereocenters. The first kappa shape index (κ1) is 13.4. The van der Waals surface area contributed by atoms with Crippen LogP contribution in [0.1, 0.15) is 44.9 Å². The molecule has 1 aliphatic heterocycles. The summed E-state index contributed by atoms with van der Waals surface area (Å²) >= 11 is 0. The largest absolute Gasteiger partial charge is 0.355 e. The molecule has 0 aromatic carbocycles. The standard InChI is InChI=1S/C14H23N3O/c15-12-14(6-1-2-7-14)13(18)16-8-5-11-17-9-3-4-10-17/h1-11H2,(H,16,18). The van der Waals surface area contributed by atoms with E-state index in [0.717, 1.165) is 38.6 Å². The molecule has 0 spiro atoms. The molecule has 0 bridgehead atoms. The fourth-order valence-corrected chi connectivity index (χ4v) is 3.05. The third-order valence-corrected chi connectivity index (χ3v) is 4.24. The Hall–Kier alpha value is -1.08. The Morgan fingerprint density at radius 1 is 1.22 bits per heavy atom. The average Bonchev–Trinajstić information content (AvgIpc) is 3.05. The van der Waals surface area contributed by atoms with Gasteiger partial charge in [0.2, 0.25) is 5.91 Å². The summed E-state index contributed by atoms with van der Waals surface area (Å²) in [6.07, 6.45) is 7.10. The van der Waals surface area contributed by atoms with Crippen molar-refractivity contribution >= 4 is 5.91 Å². The summed E-state index contributed by atoms with van der Waals surface area (Å²) < 4.78 is 0. The van der Waals surface area contributed by atoms with Crippen LogP contribution in [0.3, 0.4) is 0 Å². The highest BCUT2D eigenvalue weighted by Gasteiger charge is 2.41. The molecule has 1 aliphatic carbocycles. The second-order valence-electron chi connectivity index (χ2n) is 5.56. The Morgan fingerprint density at radius 2 is 1.89 bits per heavy atom. The molecule has 1 amide bonds. The monoisotopic (exact) mass is 249 g/mol. The van der Waals surface area contributed by atoms with E-state index in [0.29, 0.717) is 6.54 Å². The molecule has 2 aliphatic rings. The summed E-state index contributed by atoms with van der Waals surface area (Å²) in [6, 6.07) is 2.24. The molecule has 100 valence electrons. The summed E-state index contributed by atoms with van der Waals surface area (Å²) in [4.78, 5) is 14.5. The van der Waals surface area contributed by atoms with Gasteiger partial charge < -0.3 is 10.2 Å². The number of likely N-dealkylation sites (tertiary alicyclic amines) is 1. The number of amides is 1. The highest BCUT2D eigenvalue weighted by molar-refractivity contribution is 5.85. The van der Waals surface area contributed by atoms with Gasteiger partial charge in [-0.3, -0.25) is 4.79 Å². The Kier molecular flexibility index (Phi) is 4.60. The van der Waals surface area contributed by atoms with Gasteiger partial charge >= 0.3 is 0 Å². The number of carbonyl (C=O) groups excluding carboxylic acids is 1. The molecule has 2 rings (SSSR count). The van der Waals surface area contributed by atoms with Crippen LogP contribution in [-0.2, 0) is 4.79 Å². The van der Waals surface area contributed by atoms with Crippen molar-refractivity contribution in [2.24, 2.45) is 5.41 Å². The van der Waals surface area contributed by atoms with E-state index in [1.807, 2.05) is 0 Å². The normalized spacial score (nSPS) is 22.8. The minimum atomic E-state index is -0.715. The minimum Gasteiger partial charge on any atom is -0.355 e. The third kappa shape index (κ3) is 3.02. The van der Waals surface area contributed by atoms with Gasteiger partial charge in [-0.05, 0) is 51.7 Å².